The Morgan fingerprint density at radius 3 is 2.68 bits per heavy atom. The van der Waals surface area contributed by atoms with Crippen LogP contribution in [0.2, 0.25) is 0 Å². The van der Waals surface area contributed by atoms with Crippen LogP contribution in [0.4, 0.5) is 0 Å². The van der Waals surface area contributed by atoms with Gasteiger partial charge >= 0.3 is 0 Å². The molecule has 0 fully saturated rings. The molecule has 0 saturated carbocycles. The van der Waals surface area contributed by atoms with Crippen LogP contribution in [0.3, 0.4) is 0 Å². The van der Waals surface area contributed by atoms with E-state index < -0.39 is 10.0 Å². The zero-order valence-corrected chi connectivity index (χ0v) is 13.7. The van der Waals surface area contributed by atoms with E-state index in [4.69, 9.17) is 5.73 Å². The van der Waals surface area contributed by atoms with E-state index in [2.05, 4.69) is 11.0 Å². The van der Waals surface area contributed by atoms with E-state index in [-0.39, 0.29) is 0 Å². The lowest BCUT2D eigenvalue weighted by atomic mass is 10.2. The third-order valence-corrected chi connectivity index (χ3v) is 6.34. The van der Waals surface area contributed by atoms with Gasteiger partial charge in [0.15, 0.2) is 0 Å². The Balaban J connectivity index is 2.27. The number of hydrogen-bond donors (Lipinski definition) is 2. The Kier molecular flexibility index (Phi) is 8.01. The smallest absolute Gasteiger partial charge is 0.250 e. The molecule has 1 aromatic heterocycles. The highest BCUT2D eigenvalue weighted by atomic mass is 32.2. The Hall–Kier alpha value is -0.0800. The number of nitrogens with one attached hydrogen (secondary N) is 1. The number of unbranched alkanes of at least 4 members (excludes halogenated alkanes) is 3. The molecular weight excluding hydrogens is 300 g/mol. The molecule has 3 N–H and O–H groups in total. The van der Waals surface area contributed by atoms with E-state index in [0.717, 1.165) is 18.4 Å². The molecule has 0 atom stereocenters. The van der Waals surface area contributed by atoms with E-state index in [0.29, 0.717) is 17.3 Å². The summed E-state index contributed by atoms with van der Waals surface area (Å²) in [6.45, 7) is 0.888. The van der Waals surface area contributed by atoms with Crippen molar-refractivity contribution in [1.29, 1.82) is 0 Å². The molecule has 0 amide bonds. The molecule has 0 unspecified atom stereocenters. The van der Waals surface area contributed by atoms with Crippen LogP contribution in [0, 0.1) is 0 Å². The second kappa shape index (κ2) is 8.97. The predicted molar refractivity (Wildman–Crippen MR) is 84.2 cm³/mol. The normalized spacial score (nSPS) is 11.9. The van der Waals surface area contributed by atoms with Gasteiger partial charge in [0, 0.05) is 13.1 Å². The zero-order chi connectivity index (χ0) is 14.1. The molecule has 0 aliphatic heterocycles. The molecule has 1 aromatic rings. The van der Waals surface area contributed by atoms with Crippen LogP contribution in [-0.4, -0.2) is 27.0 Å². The first-order chi connectivity index (χ1) is 9.10. The average Bonchev–Trinajstić information content (AvgIpc) is 2.87. The number of nitrogens with two attached hydrogens (primary N) is 1. The molecule has 0 aliphatic rings. The summed E-state index contributed by atoms with van der Waals surface area (Å²) in [6, 6.07) is 1.64. The Morgan fingerprint density at radius 2 is 2.05 bits per heavy atom. The maximum Gasteiger partial charge on any atom is 0.250 e. The van der Waals surface area contributed by atoms with Crippen molar-refractivity contribution < 1.29 is 8.42 Å². The average molecular weight is 323 g/mol. The fraction of sp³-hybridized carbons (Fsp3) is 0.667. The van der Waals surface area contributed by atoms with Crippen LogP contribution in [0.15, 0.2) is 15.7 Å². The molecule has 0 aliphatic carbocycles. The van der Waals surface area contributed by atoms with Gasteiger partial charge in [-0.25, -0.2) is 13.1 Å². The molecule has 0 aromatic carbocycles. The largest absolute Gasteiger partial charge is 0.326 e. The van der Waals surface area contributed by atoms with Gasteiger partial charge in [0.05, 0.1) is 0 Å². The second-order valence-corrected chi connectivity index (χ2v) is 8.17. The summed E-state index contributed by atoms with van der Waals surface area (Å²) in [5, 5.41) is 1.79. The molecule has 1 heterocycles. The number of thioether (sulfide) groups is 1. The van der Waals surface area contributed by atoms with Gasteiger partial charge in [-0.3, -0.25) is 0 Å². The van der Waals surface area contributed by atoms with Gasteiger partial charge in [-0.05, 0) is 41.9 Å². The van der Waals surface area contributed by atoms with Crippen molar-refractivity contribution in [3.63, 3.8) is 0 Å². The van der Waals surface area contributed by atoms with E-state index >= 15 is 0 Å². The number of rotatable bonds is 10. The molecule has 0 saturated heterocycles. The first-order valence-corrected chi connectivity index (χ1v) is 10.1. The van der Waals surface area contributed by atoms with Crippen molar-refractivity contribution in [2.75, 3.05) is 18.6 Å². The lowest BCUT2D eigenvalue weighted by Crippen LogP contribution is -2.24. The van der Waals surface area contributed by atoms with E-state index in [1.165, 1.54) is 29.9 Å². The molecule has 0 radical (unpaired) electrons. The van der Waals surface area contributed by atoms with E-state index in [1.807, 2.05) is 11.8 Å². The topological polar surface area (TPSA) is 72.2 Å². The lowest BCUT2D eigenvalue weighted by molar-refractivity contribution is 0.576. The summed E-state index contributed by atoms with van der Waals surface area (Å²) in [5.41, 5.74) is 6.34. The summed E-state index contributed by atoms with van der Waals surface area (Å²) in [4.78, 5) is 0. The van der Waals surface area contributed by atoms with E-state index in [9.17, 15) is 8.42 Å². The molecule has 0 bridgehead atoms. The van der Waals surface area contributed by atoms with Crippen molar-refractivity contribution in [2.45, 2.75) is 36.4 Å². The predicted octanol–water partition coefficient (Wildman–Crippen LogP) is 2.41. The summed E-state index contributed by atoms with van der Waals surface area (Å²) >= 11 is 3.07. The molecule has 4 nitrogen and oxygen atoms in total. The second-order valence-electron chi connectivity index (χ2n) is 4.28. The summed E-state index contributed by atoms with van der Waals surface area (Å²) in [5.74, 6) is 1.18. The summed E-state index contributed by atoms with van der Waals surface area (Å²) in [6.07, 6.45) is 6.44. The monoisotopic (exact) mass is 322 g/mol. The van der Waals surface area contributed by atoms with Crippen LogP contribution in [-0.2, 0) is 16.6 Å². The minimum absolute atomic E-state index is 0.357. The quantitative estimate of drug-likeness (QED) is 0.649. The minimum atomic E-state index is -3.34. The van der Waals surface area contributed by atoms with Gasteiger partial charge in [-0.2, -0.15) is 11.8 Å². The molecular formula is C12H22N2O2S3. The van der Waals surface area contributed by atoms with Crippen LogP contribution in [0.5, 0.6) is 0 Å². The van der Waals surface area contributed by atoms with Gasteiger partial charge in [-0.15, -0.1) is 11.3 Å². The third-order valence-electron chi connectivity index (χ3n) is 2.70. The fourth-order valence-electron chi connectivity index (χ4n) is 1.60. The Bertz CT molecular complexity index is 457. The van der Waals surface area contributed by atoms with Gasteiger partial charge < -0.3 is 5.73 Å². The van der Waals surface area contributed by atoms with Gasteiger partial charge in [0.2, 0.25) is 10.0 Å². The van der Waals surface area contributed by atoms with Crippen molar-refractivity contribution in [1.82, 2.24) is 4.72 Å². The highest BCUT2D eigenvalue weighted by molar-refractivity contribution is 7.98. The van der Waals surface area contributed by atoms with Gasteiger partial charge in [0.25, 0.3) is 0 Å². The minimum Gasteiger partial charge on any atom is -0.326 e. The van der Waals surface area contributed by atoms with Gasteiger partial charge in [-0.1, -0.05) is 12.8 Å². The molecule has 1 rings (SSSR count). The SMILES string of the molecule is CSCCCCCCNS(=O)(=O)c1cc(CN)cs1. The first kappa shape index (κ1) is 17.0. The van der Waals surface area contributed by atoms with Crippen molar-refractivity contribution >= 4 is 33.1 Å². The maximum atomic E-state index is 12.0. The molecule has 110 valence electrons. The van der Waals surface area contributed by atoms with Crippen LogP contribution >= 0.6 is 23.1 Å². The Morgan fingerprint density at radius 1 is 1.32 bits per heavy atom. The highest BCUT2D eigenvalue weighted by Gasteiger charge is 2.15. The molecule has 0 spiro atoms. The van der Waals surface area contributed by atoms with Crippen LogP contribution in [0.25, 0.3) is 0 Å². The maximum absolute atomic E-state index is 12.0. The molecule has 19 heavy (non-hydrogen) atoms. The van der Waals surface area contributed by atoms with Crippen molar-refractivity contribution in [2.24, 2.45) is 5.73 Å². The first-order valence-electron chi connectivity index (χ1n) is 6.36. The summed E-state index contributed by atoms with van der Waals surface area (Å²) in [7, 11) is -3.34. The fourth-order valence-corrected chi connectivity index (χ4v) is 4.44. The van der Waals surface area contributed by atoms with Crippen molar-refractivity contribution in [3.05, 3.63) is 17.0 Å². The van der Waals surface area contributed by atoms with Crippen LogP contribution < -0.4 is 10.5 Å². The number of hydrogen-bond acceptors (Lipinski definition) is 5. The van der Waals surface area contributed by atoms with E-state index in [1.54, 1.807) is 11.4 Å². The summed E-state index contributed by atoms with van der Waals surface area (Å²) < 4.78 is 26.9. The third kappa shape index (κ3) is 6.27. The van der Waals surface area contributed by atoms with Crippen LogP contribution in [0.1, 0.15) is 31.2 Å². The highest BCUT2D eigenvalue weighted by Crippen LogP contribution is 2.19. The zero-order valence-electron chi connectivity index (χ0n) is 11.2. The number of thiophene rings is 1. The molecule has 7 heteroatoms. The van der Waals surface area contributed by atoms with Gasteiger partial charge in [0.1, 0.15) is 4.21 Å². The standard InChI is InChI=1S/C12H22N2O2S3/c1-17-7-5-3-2-4-6-14-19(15,16)12-8-11(9-13)10-18-12/h8,10,14H,2-7,9,13H2,1H3. The lowest BCUT2D eigenvalue weighted by Gasteiger charge is -2.04. The number of sulfonamides is 1. The van der Waals surface area contributed by atoms with Crippen molar-refractivity contribution in [3.8, 4) is 0 Å². The Labute approximate surface area is 124 Å².